The van der Waals surface area contributed by atoms with E-state index in [0.717, 1.165) is 39.0 Å². The highest BCUT2D eigenvalue weighted by atomic mass is 32.2. The number of anilines is 3. The molecule has 2 nitrogen and oxygen atoms in total. The molecular weight excluding hydrogens is 651 g/mol. The van der Waals surface area contributed by atoms with Gasteiger partial charge in [0.25, 0.3) is 0 Å². The summed E-state index contributed by atoms with van der Waals surface area (Å²) in [6, 6.07) is 59.9. The molecule has 0 bridgehead atoms. The minimum absolute atomic E-state index is 0.184. The molecule has 0 fully saturated rings. The lowest BCUT2D eigenvalue weighted by molar-refractivity contribution is 0.660. The van der Waals surface area contributed by atoms with Crippen molar-refractivity contribution in [1.29, 1.82) is 0 Å². The van der Waals surface area contributed by atoms with Crippen LogP contribution in [-0.2, 0) is 5.41 Å². The second kappa shape index (κ2) is 11.0. The van der Waals surface area contributed by atoms with Crippen LogP contribution in [0.15, 0.2) is 178 Å². The van der Waals surface area contributed by atoms with Gasteiger partial charge in [0.15, 0.2) is 0 Å². The molecule has 246 valence electrons. The number of nitrogens with zero attached hydrogens (tertiary/aromatic N) is 1. The van der Waals surface area contributed by atoms with E-state index in [0.29, 0.717) is 0 Å². The number of benzene rings is 8. The molecule has 52 heavy (non-hydrogen) atoms. The molecule has 3 heteroatoms. The van der Waals surface area contributed by atoms with Crippen LogP contribution in [0.5, 0.6) is 0 Å². The maximum Gasteiger partial charge on any atom is 0.137 e. The van der Waals surface area contributed by atoms with Crippen molar-refractivity contribution in [2.24, 2.45) is 0 Å². The van der Waals surface area contributed by atoms with Crippen LogP contribution < -0.4 is 4.90 Å². The van der Waals surface area contributed by atoms with E-state index in [-0.39, 0.29) is 5.41 Å². The van der Waals surface area contributed by atoms with Gasteiger partial charge in [-0.2, -0.15) is 0 Å². The zero-order valence-electron chi connectivity index (χ0n) is 28.9. The molecule has 1 aliphatic carbocycles. The molecule has 9 aromatic rings. The Morgan fingerprint density at radius 1 is 0.462 bits per heavy atom. The number of para-hydroxylation sites is 2. The van der Waals surface area contributed by atoms with Crippen LogP contribution in [0.3, 0.4) is 0 Å². The first kappa shape index (κ1) is 29.7. The van der Waals surface area contributed by atoms with E-state index in [1.54, 1.807) is 0 Å². The van der Waals surface area contributed by atoms with Gasteiger partial charge in [-0.15, -0.1) is 0 Å². The molecule has 0 saturated heterocycles. The summed E-state index contributed by atoms with van der Waals surface area (Å²) in [5.41, 5.74) is 15.4. The van der Waals surface area contributed by atoms with Gasteiger partial charge in [0.1, 0.15) is 11.2 Å². The van der Waals surface area contributed by atoms with Gasteiger partial charge in [0, 0.05) is 54.5 Å². The highest BCUT2D eigenvalue weighted by Gasteiger charge is 2.36. The van der Waals surface area contributed by atoms with Gasteiger partial charge in [-0.3, -0.25) is 0 Å². The van der Waals surface area contributed by atoms with Gasteiger partial charge < -0.3 is 9.32 Å². The molecule has 1 aliphatic heterocycles. The van der Waals surface area contributed by atoms with Crippen molar-refractivity contribution in [3.05, 3.63) is 175 Å². The van der Waals surface area contributed by atoms with E-state index in [2.05, 4.69) is 170 Å². The predicted molar refractivity (Wildman–Crippen MR) is 218 cm³/mol. The SMILES string of the molecule is CC1(C)c2cc(-c3ccc4c(c3)-c3cccc5cccc(c35)S4)ccc2-c2ccc(N(c3ccccc3)c3ccc4c(c3)oc3ccccc34)cc21. The summed E-state index contributed by atoms with van der Waals surface area (Å²) in [4.78, 5) is 5.01. The maximum absolute atomic E-state index is 6.34. The minimum Gasteiger partial charge on any atom is -0.456 e. The number of hydrogen-bond acceptors (Lipinski definition) is 3. The van der Waals surface area contributed by atoms with Crippen molar-refractivity contribution in [3.63, 3.8) is 0 Å². The topological polar surface area (TPSA) is 16.4 Å². The molecule has 11 rings (SSSR count). The average Bonchev–Trinajstić information content (AvgIpc) is 3.66. The first-order valence-electron chi connectivity index (χ1n) is 17.9. The average molecular weight is 684 g/mol. The van der Waals surface area contributed by atoms with Gasteiger partial charge in [-0.1, -0.05) is 117 Å². The van der Waals surface area contributed by atoms with E-state index in [4.69, 9.17) is 4.42 Å². The third kappa shape index (κ3) is 4.33. The van der Waals surface area contributed by atoms with Crippen molar-refractivity contribution >= 4 is 61.5 Å². The van der Waals surface area contributed by atoms with Crippen LogP contribution in [0, 0.1) is 0 Å². The van der Waals surface area contributed by atoms with E-state index >= 15 is 0 Å². The van der Waals surface area contributed by atoms with Crippen LogP contribution in [0.25, 0.3) is 66.1 Å². The summed E-state index contributed by atoms with van der Waals surface area (Å²) < 4.78 is 6.34. The second-order valence-electron chi connectivity index (χ2n) is 14.5. The molecule has 0 N–H and O–H groups in total. The number of fused-ring (bicyclic) bond motifs is 8. The van der Waals surface area contributed by atoms with Crippen LogP contribution in [0.2, 0.25) is 0 Å². The molecule has 2 heterocycles. The third-order valence-corrected chi connectivity index (χ3v) is 12.4. The molecule has 1 aromatic heterocycles. The molecule has 8 aromatic carbocycles. The highest BCUT2D eigenvalue weighted by molar-refractivity contribution is 7.99. The van der Waals surface area contributed by atoms with Crippen molar-refractivity contribution in [1.82, 2.24) is 0 Å². The summed E-state index contributed by atoms with van der Waals surface area (Å²) >= 11 is 1.88. The lowest BCUT2D eigenvalue weighted by atomic mass is 9.81. The Morgan fingerprint density at radius 2 is 1.15 bits per heavy atom. The highest BCUT2D eigenvalue weighted by Crippen LogP contribution is 2.53. The minimum atomic E-state index is -0.184. The van der Waals surface area contributed by atoms with Crippen LogP contribution in [0.4, 0.5) is 17.1 Å². The molecule has 2 aliphatic rings. The number of furan rings is 1. The molecule has 0 amide bonds. The molecular formula is C49H33NOS. The zero-order chi connectivity index (χ0) is 34.6. The van der Waals surface area contributed by atoms with E-state index in [1.807, 2.05) is 23.9 Å². The Labute approximate surface area is 307 Å². The molecule has 0 spiro atoms. The van der Waals surface area contributed by atoms with Gasteiger partial charge in [-0.05, 0) is 117 Å². The number of hydrogen-bond donors (Lipinski definition) is 0. The Bertz CT molecular complexity index is 2910. The Morgan fingerprint density at radius 3 is 2.04 bits per heavy atom. The normalized spacial score (nSPS) is 13.7. The first-order chi connectivity index (χ1) is 25.5. The predicted octanol–water partition coefficient (Wildman–Crippen LogP) is 14.3. The van der Waals surface area contributed by atoms with Crippen LogP contribution >= 0.6 is 11.8 Å². The summed E-state index contributed by atoms with van der Waals surface area (Å²) in [5, 5.41) is 4.94. The van der Waals surface area contributed by atoms with E-state index in [1.165, 1.54) is 65.1 Å². The summed E-state index contributed by atoms with van der Waals surface area (Å²) in [5.74, 6) is 0. The largest absolute Gasteiger partial charge is 0.456 e. The summed E-state index contributed by atoms with van der Waals surface area (Å²) in [6.07, 6.45) is 0. The fourth-order valence-electron chi connectivity index (χ4n) is 8.67. The van der Waals surface area contributed by atoms with Gasteiger partial charge in [0.05, 0.1) is 0 Å². The van der Waals surface area contributed by atoms with Gasteiger partial charge >= 0.3 is 0 Å². The summed E-state index contributed by atoms with van der Waals surface area (Å²) in [7, 11) is 0. The fraction of sp³-hybridized carbons (Fsp3) is 0.0612. The Kier molecular flexibility index (Phi) is 6.27. The first-order valence-corrected chi connectivity index (χ1v) is 18.7. The fourth-order valence-corrected chi connectivity index (χ4v) is 9.79. The third-order valence-electron chi connectivity index (χ3n) is 11.2. The van der Waals surface area contributed by atoms with Crippen molar-refractivity contribution < 1.29 is 4.42 Å². The summed E-state index contributed by atoms with van der Waals surface area (Å²) in [6.45, 7) is 4.75. The van der Waals surface area contributed by atoms with Gasteiger partial charge in [-0.25, -0.2) is 0 Å². The Balaban J connectivity index is 1.00. The maximum atomic E-state index is 6.34. The van der Waals surface area contributed by atoms with Crippen molar-refractivity contribution in [2.75, 3.05) is 4.90 Å². The zero-order valence-corrected chi connectivity index (χ0v) is 29.7. The monoisotopic (exact) mass is 683 g/mol. The second-order valence-corrected chi connectivity index (χ2v) is 15.6. The molecule has 0 saturated carbocycles. The lowest BCUT2D eigenvalue weighted by Gasteiger charge is -2.28. The Hall–Kier alpha value is -6.03. The molecule has 0 atom stereocenters. The molecule has 0 unspecified atom stereocenters. The van der Waals surface area contributed by atoms with E-state index in [9.17, 15) is 0 Å². The van der Waals surface area contributed by atoms with Crippen LogP contribution in [0.1, 0.15) is 25.0 Å². The van der Waals surface area contributed by atoms with Crippen molar-refractivity contribution in [3.8, 4) is 33.4 Å². The number of rotatable bonds is 4. The van der Waals surface area contributed by atoms with Gasteiger partial charge in [0.2, 0.25) is 0 Å². The quantitative estimate of drug-likeness (QED) is 0.184. The smallest absolute Gasteiger partial charge is 0.137 e. The van der Waals surface area contributed by atoms with E-state index < -0.39 is 0 Å². The lowest BCUT2D eigenvalue weighted by Crippen LogP contribution is -2.16. The van der Waals surface area contributed by atoms with Crippen LogP contribution in [-0.4, -0.2) is 0 Å². The molecule has 0 radical (unpaired) electrons. The van der Waals surface area contributed by atoms with Crippen molar-refractivity contribution in [2.45, 2.75) is 29.1 Å². The standard InChI is InChI=1S/C49H33NOS/c1-49(2)42-27-32(31-19-25-46-41(26-31)40-15-8-10-30-11-9-17-47(52-46)48(30)40)18-22-36(42)37-23-20-34(28-43(37)49)50(33-12-4-3-5-13-33)35-21-24-39-38-14-6-7-16-44(38)51-45(39)29-35/h3-29H,1-2H3.